The third-order valence-corrected chi connectivity index (χ3v) is 3.51. The van der Waals surface area contributed by atoms with E-state index in [-0.39, 0.29) is 6.03 Å². The molecule has 2 amide bonds. The number of amides is 2. The molecule has 0 aliphatic rings. The van der Waals surface area contributed by atoms with Crippen molar-refractivity contribution in [3.05, 3.63) is 29.4 Å². The maximum atomic E-state index is 11.4. The van der Waals surface area contributed by atoms with Crippen LogP contribution in [0.25, 0.3) is 10.6 Å². The van der Waals surface area contributed by atoms with Crippen molar-refractivity contribution in [3.63, 3.8) is 0 Å². The fraction of sp³-hybridized carbons (Fsp3) is 0.231. The number of urea groups is 1. The van der Waals surface area contributed by atoms with Crippen molar-refractivity contribution in [2.24, 2.45) is 0 Å². The topological polar surface area (TPSA) is 93.2 Å². The molecule has 2 aromatic heterocycles. The molecule has 2 heterocycles. The Hall–Kier alpha value is -2.48. The molecule has 0 aliphatic carbocycles. The first kappa shape index (κ1) is 14.9. The molecule has 0 fully saturated rings. The molecule has 0 aliphatic heterocycles. The Balaban J connectivity index is 2.10. The highest BCUT2D eigenvalue weighted by Crippen LogP contribution is 2.25. The molecule has 0 spiro atoms. The van der Waals surface area contributed by atoms with E-state index in [4.69, 9.17) is 0 Å². The van der Waals surface area contributed by atoms with Gasteiger partial charge in [-0.25, -0.2) is 19.6 Å². The molecule has 0 saturated carbocycles. The molecule has 0 atom stereocenters. The van der Waals surface area contributed by atoms with E-state index in [0.29, 0.717) is 22.2 Å². The molecular weight excluding hydrogens is 292 g/mol. The average molecular weight is 306 g/mol. The van der Waals surface area contributed by atoms with Gasteiger partial charge < -0.3 is 10.1 Å². The van der Waals surface area contributed by atoms with Crippen LogP contribution in [0.2, 0.25) is 0 Å². The summed E-state index contributed by atoms with van der Waals surface area (Å²) in [5, 5.41) is 5.87. The minimum Gasteiger partial charge on any atom is -0.465 e. The van der Waals surface area contributed by atoms with Crippen LogP contribution in [0.4, 0.5) is 10.6 Å². The van der Waals surface area contributed by atoms with E-state index in [1.165, 1.54) is 24.6 Å². The summed E-state index contributed by atoms with van der Waals surface area (Å²) >= 11 is 1.22. The second kappa shape index (κ2) is 6.80. The van der Waals surface area contributed by atoms with Gasteiger partial charge in [0.25, 0.3) is 0 Å². The summed E-state index contributed by atoms with van der Waals surface area (Å²) in [6.45, 7) is 2.37. The van der Waals surface area contributed by atoms with Gasteiger partial charge in [-0.15, -0.1) is 11.3 Å². The third-order valence-electron chi connectivity index (χ3n) is 2.48. The van der Waals surface area contributed by atoms with E-state index in [0.717, 1.165) is 5.56 Å². The van der Waals surface area contributed by atoms with Crippen molar-refractivity contribution in [3.8, 4) is 10.6 Å². The predicted octanol–water partition coefficient (Wildman–Crippen LogP) is 2.13. The predicted molar refractivity (Wildman–Crippen MR) is 79.4 cm³/mol. The Morgan fingerprint density at radius 3 is 2.71 bits per heavy atom. The monoisotopic (exact) mass is 306 g/mol. The highest BCUT2D eigenvalue weighted by molar-refractivity contribution is 7.16. The second-order valence-corrected chi connectivity index (χ2v) is 4.97. The fourth-order valence-corrected chi connectivity index (χ4v) is 2.34. The Morgan fingerprint density at radius 2 is 2.10 bits per heavy atom. The zero-order valence-electron chi connectivity index (χ0n) is 11.5. The van der Waals surface area contributed by atoms with Crippen LogP contribution in [0.5, 0.6) is 0 Å². The molecular formula is C13H14N4O3S. The van der Waals surface area contributed by atoms with Gasteiger partial charge in [0, 0.05) is 18.3 Å². The van der Waals surface area contributed by atoms with E-state index < -0.39 is 5.97 Å². The number of nitrogens with one attached hydrogen (secondary N) is 2. The molecule has 7 nitrogen and oxygen atoms in total. The van der Waals surface area contributed by atoms with Gasteiger partial charge in [-0.2, -0.15) is 0 Å². The number of thiazole rings is 1. The molecule has 8 heteroatoms. The summed E-state index contributed by atoms with van der Waals surface area (Å²) in [7, 11) is 1.32. The van der Waals surface area contributed by atoms with Crippen LogP contribution < -0.4 is 10.6 Å². The zero-order chi connectivity index (χ0) is 15.2. The number of hydrogen-bond acceptors (Lipinski definition) is 6. The lowest BCUT2D eigenvalue weighted by Gasteiger charge is -2.05. The van der Waals surface area contributed by atoms with Crippen LogP contribution in [-0.4, -0.2) is 35.6 Å². The smallest absolute Gasteiger partial charge is 0.349 e. The van der Waals surface area contributed by atoms with E-state index in [9.17, 15) is 9.59 Å². The van der Waals surface area contributed by atoms with Crippen LogP contribution in [0.1, 0.15) is 16.6 Å². The van der Waals surface area contributed by atoms with E-state index in [1.807, 2.05) is 6.92 Å². The number of aromatic nitrogens is 2. The number of carbonyl (C=O) groups excluding carboxylic acids is 2. The number of carbonyl (C=O) groups is 2. The number of ether oxygens (including phenoxy) is 1. The highest BCUT2D eigenvalue weighted by atomic mass is 32.1. The minimum atomic E-state index is -0.416. The fourth-order valence-electron chi connectivity index (χ4n) is 1.52. The number of esters is 1. The Morgan fingerprint density at radius 1 is 1.29 bits per heavy atom. The molecule has 0 aromatic carbocycles. The Kier molecular flexibility index (Phi) is 4.83. The van der Waals surface area contributed by atoms with Crippen molar-refractivity contribution in [2.75, 3.05) is 19.0 Å². The van der Waals surface area contributed by atoms with E-state index in [1.54, 1.807) is 18.3 Å². The standard InChI is InChI=1S/C13H14N4O3S/c1-3-14-13(19)17-10-5-4-8(6-15-10)11-16-7-9(21-11)12(18)20-2/h4-7H,3H2,1-2H3,(H2,14,15,17,19). The van der Waals surface area contributed by atoms with Crippen LogP contribution in [0.15, 0.2) is 24.5 Å². The molecule has 2 aromatic rings. The highest BCUT2D eigenvalue weighted by Gasteiger charge is 2.12. The maximum Gasteiger partial charge on any atom is 0.349 e. The van der Waals surface area contributed by atoms with Gasteiger partial charge >= 0.3 is 12.0 Å². The van der Waals surface area contributed by atoms with Crippen molar-refractivity contribution in [1.82, 2.24) is 15.3 Å². The Bertz CT molecular complexity index is 639. The van der Waals surface area contributed by atoms with E-state index in [2.05, 4.69) is 25.3 Å². The average Bonchev–Trinajstić information content (AvgIpc) is 2.97. The number of rotatable bonds is 4. The summed E-state index contributed by atoms with van der Waals surface area (Å²) in [5.41, 5.74) is 0.761. The summed E-state index contributed by atoms with van der Waals surface area (Å²) in [6, 6.07) is 3.14. The number of nitrogens with zero attached hydrogens (tertiary/aromatic N) is 2. The normalized spacial score (nSPS) is 10.0. The summed E-state index contributed by atoms with van der Waals surface area (Å²) in [5.74, 6) is 0.0238. The first-order valence-electron chi connectivity index (χ1n) is 6.19. The number of pyridine rings is 1. The second-order valence-electron chi connectivity index (χ2n) is 3.94. The van der Waals surface area contributed by atoms with Crippen LogP contribution in [0, 0.1) is 0 Å². The van der Waals surface area contributed by atoms with Crippen LogP contribution in [0.3, 0.4) is 0 Å². The van der Waals surface area contributed by atoms with E-state index >= 15 is 0 Å². The molecule has 0 unspecified atom stereocenters. The molecule has 0 radical (unpaired) electrons. The molecule has 2 N–H and O–H groups in total. The van der Waals surface area contributed by atoms with Crippen molar-refractivity contribution >= 4 is 29.2 Å². The Labute approximate surface area is 125 Å². The van der Waals surface area contributed by atoms with Gasteiger partial charge in [0.15, 0.2) is 0 Å². The van der Waals surface area contributed by atoms with Gasteiger partial charge in [0.2, 0.25) is 0 Å². The lowest BCUT2D eigenvalue weighted by molar-refractivity contribution is 0.0606. The molecule has 0 saturated heterocycles. The number of anilines is 1. The SMILES string of the molecule is CCNC(=O)Nc1ccc(-c2ncc(C(=O)OC)s2)cn1. The molecule has 0 bridgehead atoms. The third kappa shape index (κ3) is 3.76. The maximum absolute atomic E-state index is 11.4. The van der Waals surface area contributed by atoms with Crippen LogP contribution in [-0.2, 0) is 4.74 Å². The minimum absolute atomic E-state index is 0.306. The van der Waals surface area contributed by atoms with Gasteiger partial charge in [0.1, 0.15) is 15.7 Å². The first-order chi connectivity index (χ1) is 10.1. The molecule has 2 rings (SSSR count). The van der Waals surface area contributed by atoms with Gasteiger partial charge in [-0.3, -0.25) is 5.32 Å². The first-order valence-corrected chi connectivity index (χ1v) is 7.01. The number of hydrogen-bond donors (Lipinski definition) is 2. The lowest BCUT2D eigenvalue weighted by atomic mass is 10.3. The van der Waals surface area contributed by atoms with Crippen molar-refractivity contribution in [1.29, 1.82) is 0 Å². The number of methoxy groups -OCH3 is 1. The summed E-state index contributed by atoms with van der Waals surface area (Å²) < 4.78 is 4.63. The summed E-state index contributed by atoms with van der Waals surface area (Å²) in [6.07, 6.45) is 3.05. The van der Waals surface area contributed by atoms with Crippen molar-refractivity contribution in [2.45, 2.75) is 6.92 Å². The largest absolute Gasteiger partial charge is 0.465 e. The van der Waals surface area contributed by atoms with Gasteiger partial charge in [-0.1, -0.05) is 0 Å². The van der Waals surface area contributed by atoms with Crippen LogP contribution >= 0.6 is 11.3 Å². The van der Waals surface area contributed by atoms with Crippen molar-refractivity contribution < 1.29 is 14.3 Å². The summed E-state index contributed by atoms with van der Waals surface area (Å²) in [4.78, 5) is 31.4. The molecule has 110 valence electrons. The van der Waals surface area contributed by atoms with Gasteiger partial charge in [-0.05, 0) is 19.1 Å². The molecule has 21 heavy (non-hydrogen) atoms. The quantitative estimate of drug-likeness (QED) is 0.844. The zero-order valence-corrected chi connectivity index (χ0v) is 12.4. The lowest BCUT2D eigenvalue weighted by Crippen LogP contribution is -2.28. The van der Waals surface area contributed by atoms with Gasteiger partial charge in [0.05, 0.1) is 13.3 Å².